The van der Waals surface area contributed by atoms with E-state index in [1.165, 1.54) is 0 Å². The van der Waals surface area contributed by atoms with Gasteiger partial charge in [0.05, 0.1) is 23.3 Å². The molecule has 0 aromatic carbocycles. The highest BCUT2D eigenvalue weighted by Crippen LogP contribution is 2.43. The molecule has 1 saturated carbocycles. The summed E-state index contributed by atoms with van der Waals surface area (Å²) in [6.45, 7) is 4.69. The molecular weight excluding hydrogens is 516 g/mol. The highest BCUT2D eigenvalue weighted by molar-refractivity contribution is 6.31. The van der Waals surface area contributed by atoms with E-state index in [-0.39, 0.29) is 34.8 Å². The monoisotopic (exact) mass is 539 g/mol. The average Bonchev–Trinajstić information content (AvgIpc) is 3.71. The van der Waals surface area contributed by atoms with E-state index >= 15 is 0 Å². The zero-order valence-electron chi connectivity index (χ0n) is 20.9. The minimum Gasteiger partial charge on any atom is -0.485 e. The topological polar surface area (TPSA) is 103 Å². The van der Waals surface area contributed by atoms with Crippen LogP contribution in [0.3, 0.4) is 0 Å². The van der Waals surface area contributed by atoms with Crippen molar-refractivity contribution >= 4 is 11.6 Å². The summed E-state index contributed by atoms with van der Waals surface area (Å²) in [6.07, 6.45) is 5.84. The van der Waals surface area contributed by atoms with Crippen LogP contribution in [-0.2, 0) is 12.2 Å². The van der Waals surface area contributed by atoms with Gasteiger partial charge in [0.1, 0.15) is 34.5 Å². The van der Waals surface area contributed by atoms with Crippen molar-refractivity contribution in [2.45, 2.75) is 51.7 Å². The van der Waals surface area contributed by atoms with Crippen LogP contribution in [0, 0.1) is 18.6 Å². The summed E-state index contributed by atoms with van der Waals surface area (Å²) in [4.78, 5) is 30.4. The van der Waals surface area contributed by atoms with Gasteiger partial charge in [0.25, 0.3) is 5.56 Å². The maximum absolute atomic E-state index is 14.0. The lowest BCUT2D eigenvalue weighted by atomic mass is 10.1. The molecule has 0 atom stereocenters. The van der Waals surface area contributed by atoms with Gasteiger partial charge in [-0.2, -0.15) is 0 Å². The molecular formula is C27H24ClF2N5O3. The van der Waals surface area contributed by atoms with E-state index in [2.05, 4.69) is 19.9 Å². The minimum absolute atomic E-state index is 0.0953. The van der Waals surface area contributed by atoms with Gasteiger partial charge in [-0.15, -0.1) is 0 Å². The third kappa shape index (κ3) is 5.14. The Morgan fingerprint density at radius 1 is 1.13 bits per heavy atom. The molecule has 0 bridgehead atoms. The average molecular weight is 540 g/mol. The normalized spacial score (nSPS) is 13.6. The van der Waals surface area contributed by atoms with Crippen molar-refractivity contribution in [3.8, 4) is 22.8 Å². The fraction of sp³-hybridized carbons (Fsp3) is 0.296. The second-order valence-electron chi connectivity index (χ2n) is 9.71. The Bertz CT molecular complexity index is 1600. The van der Waals surface area contributed by atoms with Crippen LogP contribution in [0.15, 0.2) is 47.7 Å². The molecule has 4 aromatic heterocycles. The Morgan fingerprint density at radius 3 is 2.58 bits per heavy atom. The van der Waals surface area contributed by atoms with Gasteiger partial charge in [0.15, 0.2) is 11.6 Å². The molecule has 1 fully saturated rings. The first kappa shape index (κ1) is 25.9. The number of aliphatic hydroxyl groups is 1. The summed E-state index contributed by atoms with van der Waals surface area (Å²) in [5.74, 6) is -1.20. The van der Waals surface area contributed by atoms with Crippen molar-refractivity contribution in [1.29, 1.82) is 0 Å². The van der Waals surface area contributed by atoms with Gasteiger partial charge in [-0.3, -0.25) is 19.3 Å². The minimum atomic E-state index is -1.24. The number of aryl methyl sites for hydroxylation is 1. The predicted molar refractivity (Wildman–Crippen MR) is 136 cm³/mol. The first-order chi connectivity index (χ1) is 18.0. The van der Waals surface area contributed by atoms with Crippen molar-refractivity contribution < 1.29 is 18.6 Å². The summed E-state index contributed by atoms with van der Waals surface area (Å²) in [7, 11) is 0. The van der Waals surface area contributed by atoms with Crippen molar-refractivity contribution in [1.82, 2.24) is 24.5 Å². The van der Waals surface area contributed by atoms with E-state index in [9.17, 15) is 18.7 Å². The van der Waals surface area contributed by atoms with E-state index in [1.807, 2.05) is 6.92 Å². The molecule has 11 heteroatoms. The number of halogens is 3. The second-order valence-corrected chi connectivity index (χ2v) is 10.1. The predicted octanol–water partition coefficient (Wildman–Crippen LogP) is 5.01. The van der Waals surface area contributed by atoms with Crippen LogP contribution >= 0.6 is 11.6 Å². The fourth-order valence-corrected chi connectivity index (χ4v) is 4.20. The summed E-state index contributed by atoms with van der Waals surface area (Å²) in [6, 6.07) is 5.81. The molecule has 0 saturated heterocycles. The molecule has 196 valence electrons. The van der Waals surface area contributed by atoms with Crippen LogP contribution in [0.5, 0.6) is 5.75 Å². The molecule has 0 aliphatic heterocycles. The van der Waals surface area contributed by atoms with E-state index < -0.39 is 22.8 Å². The lowest BCUT2D eigenvalue weighted by Gasteiger charge is -2.19. The van der Waals surface area contributed by atoms with Gasteiger partial charge < -0.3 is 9.84 Å². The van der Waals surface area contributed by atoms with Crippen LogP contribution in [0.25, 0.3) is 17.1 Å². The molecule has 5 rings (SSSR count). The van der Waals surface area contributed by atoms with E-state index in [1.54, 1.807) is 49.0 Å². The van der Waals surface area contributed by atoms with Gasteiger partial charge in [-0.1, -0.05) is 11.6 Å². The molecule has 4 aromatic rings. The summed E-state index contributed by atoms with van der Waals surface area (Å²) in [5, 5.41) is 10.1. The maximum atomic E-state index is 14.0. The largest absolute Gasteiger partial charge is 0.485 e. The van der Waals surface area contributed by atoms with Crippen LogP contribution in [-0.4, -0.2) is 29.6 Å². The number of pyridine rings is 3. The molecule has 8 nitrogen and oxygen atoms in total. The third-order valence-electron chi connectivity index (χ3n) is 6.17. The molecule has 1 aliphatic carbocycles. The lowest BCUT2D eigenvalue weighted by molar-refractivity contribution is 0.0688. The quantitative estimate of drug-likeness (QED) is 0.352. The van der Waals surface area contributed by atoms with Crippen molar-refractivity contribution in [3.63, 3.8) is 0 Å². The Morgan fingerprint density at radius 2 is 1.89 bits per heavy atom. The van der Waals surface area contributed by atoms with Crippen molar-refractivity contribution in [3.05, 3.63) is 92.6 Å². The van der Waals surface area contributed by atoms with E-state index in [0.717, 1.165) is 24.6 Å². The highest BCUT2D eigenvalue weighted by Gasteiger charge is 2.30. The molecule has 0 radical (unpaired) electrons. The zero-order valence-corrected chi connectivity index (χ0v) is 21.6. The number of hydrogen-bond acceptors (Lipinski definition) is 7. The van der Waals surface area contributed by atoms with Gasteiger partial charge in [-0.25, -0.2) is 18.7 Å². The SMILES string of the molecule is Cc1cnc(-c2ccnc(C(C)(C)O)n2)cc1-n1c(C2CC2)cc(OCc2ncc(F)cc2F)c(Cl)c1=O. The van der Waals surface area contributed by atoms with Crippen molar-refractivity contribution in [2.75, 3.05) is 0 Å². The molecule has 0 unspecified atom stereocenters. The van der Waals surface area contributed by atoms with E-state index in [4.69, 9.17) is 16.3 Å². The number of aromatic nitrogens is 5. The lowest BCUT2D eigenvalue weighted by Crippen LogP contribution is -2.24. The Kier molecular flexibility index (Phi) is 6.70. The number of nitrogens with zero attached hydrogens (tertiary/aromatic N) is 5. The third-order valence-corrected chi connectivity index (χ3v) is 6.52. The second kappa shape index (κ2) is 9.85. The molecule has 0 spiro atoms. The summed E-state index contributed by atoms with van der Waals surface area (Å²) in [5.41, 5.74) is 1.13. The van der Waals surface area contributed by atoms with E-state index in [0.29, 0.717) is 28.8 Å². The van der Waals surface area contributed by atoms with Crippen molar-refractivity contribution in [2.24, 2.45) is 0 Å². The Balaban J connectivity index is 1.56. The van der Waals surface area contributed by atoms with Crippen LogP contribution in [0.4, 0.5) is 8.78 Å². The molecule has 1 aliphatic rings. The van der Waals surface area contributed by atoms with Gasteiger partial charge in [0, 0.05) is 30.2 Å². The number of ether oxygens (including phenoxy) is 1. The van der Waals surface area contributed by atoms with Gasteiger partial charge in [0.2, 0.25) is 0 Å². The van der Waals surface area contributed by atoms with Gasteiger partial charge >= 0.3 is 0 Å². The maximum Gasteiger partial charge on any atom is 0.277 e. The molecule has 0 amide bonds. The number of hydrogen-bond donors (Lipinski definition) is 1. The molecule has 38 heavy (non-hydrogen) atoms. The summed E-state index contributed by atoms with van der Waals surface area (Å²) >= 11 is 6.46. The standard InChI is InChI=1S/C27H24ClF2N5O3/c1-14-11-32-19(18-6-7-31-26(34-18)27(2,3)37)9-21(14)35-22(15-4-5-15)10-23(24(28)25(35)36)38-13-20-17(30)8-16(29)12-33-20/h6-12,15,37H,4-5,13H2,1-3H3. The Hall–Kier alpha value is -3.76. The smallest absolute Gasteiger partial charge is 0.277 e. The summed E-state index contributed by atoms with van der Waals surface area (Å²) < 4.78 is 34.5. The van der Waals surface area contributed by atoms with Gasteiger partial charge in [-0.05, 0) is 57.2 Å². The molecule has 4 heterocycles. The molecule has 1 N–H and O–H groups in total. The first-order valence-electron chi connectivity index (χ1n) is 11.9. The van der Waals surface area contributed by atoms with Crippen LogP contribution < -0.4 is 10.3 Å². The zero-order chi connectivity index (χ0) is 27.2. The fourth-order valence-electron chi connectivity index (χ4n) is 4.00. The number of rotatable bonds is 7. The highest BCUT2D eigenvalue weighted by atomic mass is 35.5. The Labute approximate surface area is 222 Å². The van der Waals surface area contributed by atoms with Crippen LogP contribution in [0.2, 0.25) is 5.02 Å². The first-order valence-corrected chi connectivity index (χ1v) is 12.3. The van der Waals surface area contributed by atoms with Crippen LogP contribution in [0.1, 0.15) is 55.4 Å².